The Labute approximate surface area is 158 Å². The van der Waals surface area contributed by atoms with Crippen LogP contribution in [0.1, 0.15) is 34.7 Å². The van der Waals surface area contributed by atoms with E-state index >= 15 is 0 Å². The smallest absolute Gasteiger partial charge is 0.267 e. The Kier molecular flexibility index (Phi) is 5.05. The lowest BCUT2D eigenvalue weighted by Gasteiger charge is -2.14. The molecule has 0 bridgehead atoms. The van der Waals surface area contributed by atoms with Crippen molar-refractivity contribution in [1.82, 2.24) is 15.8 Å². The second-order valence-electron chi connectivity index (χ2n) is 6.92. The van der Waals surface area contributed by atoms with E-state index in [1.165, 1.54) is 33.7 Å². The normalized spacial score (nSPS) is 16.1. The molecule has 0 fully saturated rings. The van der Waals surface area contributed by atoms with E-state index in [0.29, 0.717) is 6.04 Å². The largest absolute Gasteiger partial charge is 0.361 e. The highest BCUT2D eigenvalue weighted by Crippen LogP contribution is 2.32. The maximum atomic E-state index is 11.1. The Morgan fingerprint density at radius 1 is 1.26 bits per heavy atom. The summed E-state index contributed by atoms with van der Waals surface area (Å²) in [5.74, 6) is -0.521. The van der Waals surface area contributed by atoms with E-state index in [1.54, 1.807) is 11.6 Å². The van der Waals surface area contributed by atoms with Crippen molar-refractivity contribution in [1.29, 1.82) is 0 Å². The number of aryl methyl sites for hydroxylation is 1. The number of amides is 1. The fourth-order valence-corrected chi connectivity index (χ4v) is 3.88. The molecule has 138 valence electrons. The summed E-state index contributed by atoms with van der Waals surface area (Å²) in [6, 6.07) is 15.1. The standard InChI is InChI=1S/C22H23N3O2/c26-22(25-27)10-6-15-5-8-19-16(13-15)7-9-21(19)23-12-11-17-14-24-20-4-2-1-3-18(17)20/h1-6,8,10,13-14,21,23-24,27H,7,9,11-12H2,(H,25,26)/t21-/m0/s1. The number of hydroxylamine groups is 1. The maximum absolute atomic E-state index is 11.1. The molecule has 2 aromatic carbocycles. The van der Waals surface area contributed by atoms with Gasteiger partial charge in [0.2, 0.25) is 0 Å². The average molecular weight is 361 g/mol. The lowest BCUT2D eigenvalue weighted by molar-refractivity contribution is -0.124. The molecule has 3 aromatic rings. The van der Waals surface area contributed by atoms with Crippen molar-refractivity contribution in [2.45, 2.75) is 25.3 Å². The number of H-pyrrole nitrogens is 1. The van der Waals surface area contributed by atoms with Crippen LogP contribution in [0.4, 0.5) is 0 Å². The predicted octanol–water partition coefficient (Wildman–Crippen LogP) is 3.51. The lowest BCUT2D eigenvalue weighted by atomic mass is 10.0. The van der Waals surface area contributed by atoms with Crippen molar-refractivity contribution in [2.75, 3.05) is 6.54 Å². The van der Waals surface area contributed by atoms with Gasteiger partial charge in [-0.15, -0.1) is 0 Å². The van der Waals surface area contributed by atoms with E-state index in [2.05, 4.69) is 52.9 Å². The molecule has 0 radical (unpaired) electrons. The van der Waals surface area contributed by atoms with Gasteiger partial charge >= 0.3 is 0 Å². The Morgan fingerprint density at radius 3 is 3.04 bits per heavy atom. The number of hydrogen-bond donors (Lipinski definition) is 4. The molecular formula is C22H23N3O2. The number of benzene rings is 2. The summed E-state index contributed by atoms with van der Waals surface area (Å²) in [5, 5.41) is 13.5. The van der Waals surface area contributed by atoms with E-state index < -0.39 is 5.91 Å². The monoisotopic (exact) mass is 361 g/mol. The summed E-state index contributed by atoms with van der Waals surface area (Å²) in [4.78, 5) is 14.4. The van der Waals surface area contributed by atoms with Crippen molar-refractivity contribution >= 4 is 22.9 Å². The maximum Gasteiger partial charge on any atom is 0.267 e. The summed E-state index contributed by atoms with van der Waals surface area (Å²) >= 11 is 0. The summed E-state index contributed by atoms with van der Waals surface area (Å²) in [7, 11) is 0. The lowest BCUT2D eigenvalue weighted by Crippen LogP contribution is -2.21. The molecule has 1 aromatic heterocycles. The number of carbonyl (C=O) groups excluding carboxylic acids is 1. The number of para-hydroxylation sites is 1. The highest BCUT2D eigenvalue weighted by molar-refractivity contribution is 5.90. The van der Waals surface area contributed by atoms with Gasteiger partial charge in [-0.3, -0.25) is 10.0 Å². The van der Waals surface area contributed by atoms with Gasteiger partial charge in [0.15, 0.2) is 0 Å². The van der Waals surface area contributed by atoms with Gasteiger partial charge in [0, 0.05) is 29.2 Å². The van der Waals surface area contributed by atoms with Gasteiger partial charge in [-0.2, -0.15) is 0 Å². The minimum atomic E-state index is -0.521. The van der Waals surface area contributed by atoms with Crippen LogP contribution in [0.15, 0.2) is 54.7 Å². The topological polar surface area (TPSA) is 77.2 Å². The van der Waals surface area contributed by atoms with Crippen LogP contribution in [0, 0.1) is 0 Å². The van der Waals surface area contributed by atoms with Gasteiger partial charge < -0.3 is 10.3 Å². The molecule has 27 heavy (non-hydrogen) atoms. The second kappa shape index (κ2) is 7.78. The first kappa shape index (κ1) is 17.5. The van der Waals surface area contributed by atoms with Crippen LogP contribution in [0.5, 0.6) is 0 Å². The number of aromatic amines is 1. The molecule has 1 atom stereocenters. The van der Waals surface area contributed by atoms with Crippen LogP contribution < -0.4 is 10.8 Å². The minimum absolute atomic E-state index is 0.379. The van der Waals surface area contributed by atoms with Gasteiger partial charge in [0.25, 0.3) is 5.91 Å². The number of fused-ring (bicyclic) bond motifs is 2. The summed E-state index contributed by atoms with van der Waals surface area (Å²) < 4.78 is 0. The average Bonchev–Trinajstić information content (AvgIpc) is 3.30. The molecule has 4 N–H and O–H groups in total. The Bertz CT molecular complexity index is 990. The van der Waals surface area contributed by atoms with Crippen LogP contribution in [0.2, 0.25) is 0 Å². The van der Waals surface area contributed by atoms with Crippen LogP contribution in [-0.4, -0.2) is 22.6 Å². The Hall–Kier alpha value is -2.89. The molecule has 1 aliphatic rings. The number of hydrogen-bond acceptors (Lipinski definition) is 3. The highest BCUT2D eigenvalue weighted by Gasteiger charge is 2.21. The molecule has 1 amide bonds. The molecule has 4 rings (SSSR count). The molecule has 0 saturated carbocycles. The Balaban J connectivity index is 1.38. The number of nitrogens with one attached hydrogen (secondary N) is 3. The molecule has 0 unspecified atom stereocenters. The second-order valence-corrected chi connectivity index (χ2v) is 6.92. The first-order valence-electron chi connectivity index (χ1n) is 9.28. The van der Waals surface area contributed by atoms with Gasteiger partial charge in [0.1, 0.15) is 0 Å². The van der Waals surface area contributed by atoms with E-state index in [-0.39, 0.29) is 0 Å². The third kappa shape index (κ3) is 3.79. The van der Waals surface area contributed by atoms with E-state index in [4.69, 9.17) is 5.21 Å². The molecule has 0 aliphatic heterocycles. The Morgan fingerprint density at radius 2 is 2.15 bits per heavy atom. The SMILES string of the molecule is O=C(C=Cc1ccc2c(c1)CC[C@@H]2NCCc1c[nH]c2ccccc12)NO. The van der Waals surface area contributed by atoms with Crippen molar-refractivity contribution < 1.29 is 10.0 Å². The van der Waals surface area contributed by atoms with Crippen molar-refractivity contribution in [2.24, 2.45) is 0 Å². The van der Waals surface area contributed by atoms with Gasteiger partial charge in [-0.25, -0.2) is 5.48 Å². The van der Waals surface area contributed by atoms with Crippen molar-refractivity contribution in [3.05, 3.63) is 77.0 Å². The molecule has 5 heteroatoms. The minimum Gasteiger partial charge on any atom is -0.361 e. The van der Waals surface area contributed by atoms with Crippen molar-refractivity contribution in [3.63, 3.8) is 0 Å². The van der Waals surface area contributed by atoms with Gasteiger partial charge in [0.05, 0.1) is 0 Å². The van der Waals surface area contributed by atoms with Crippen LogP contribution in [-0.2, 0) is 17.6 Å². The molecule has 1 heterocycles. The van der Waals surface area contributed by atoms with Crippen LogP contribution >= 0.6 is 0 Å². The molecule has 0 saturated heterocycles. The van der Waals surface area contributed by atoms with Crippen molar-refractivity contribution in [3.8, 4) is 0 Å². The third-order valence-corrected chi connectivity index (χ3v) is 5.24. The number of aromatic nitrogens is 1. The quantitative estimate of drug-likeness (QED) is 0.308. The fraction of sp³-hybridized carbons (Fsp3) is 0.227. The van der Waals surface area contributed by atoms with E-state index in [0.717, 1.165) is 31.4 Å². The first-order valence-corrected chi connectivity index (χ1v) is 9.28. The van der Waals surface area contributed by atoms with E-state index in [1.807, 2.05) is 6.07 Å². The molecular weight excluding hydrogens is 338 g/mol. The number of carbonyl (C=O) groups is 1. The molecule has 0 spiro atoms. The highest BCUT2D eigenvalue weighted by atomic mass is 16.5. The molecule has 5 nitrogen and oxygen atoms in total. The summed E-state index contributed by atoms with van der Waals surface area (Å²) in [5.41, 5.74) is 7.78. The summed E-state index contributed by atoms with van der Waals surface area (Å²) in [6.07, 6.45) is 8.27. The van der Waals surface area contributed by atoms with Gasteiger partial charge in [-0.05, 0) is 60.2 Å². The fourth-order valence-electron chi connectivity index (χ4n) is 3.88. The molecule has 1 aliphatic carbocycles. The van der Waals surface area contributed by atoms with Crippen LogP contribution in [0.25, 0.3) is 17.0 Å². The zero-order valence-electron chi connectivity index (χ0n) is 15.0. The first-order chi connectivity index (χ1) is 13.2. The predicted molar refractivity (Wildman–Crippen MR) is 106 cm³/mol. The van der Waals surface area contributed by atoms with Gasteiger partial charge in [-0.1, -0.05) is 36.4 Å². The van der Waals surface area contributed by atoms with Crippen LogP contribution in [0.3, 0.4) is 0 Å². The summed E-state index contributed by atoms with van der Waals surface area (Å²) in [6.45, 7) is 0.935. The van der Waals surface area contributed by atoms with E-state index in [9.17, 15) is 4.79 Å². The zero-order valence-corrected chi connectivity index (χ0v) is 15.0. The number of rotatable bonds is 6. The zero-order chi connectivity index (χ0) is 18.6. The third-order valence-electron chi connectivity index (χ3n) is 5.24.